The summed E-state index contributed by atoms with van der Waals surface area (Å²) in [4.78, 5) is 0. The van der Waals surface area contributed by atoms with Crippen LogP contribution in [0.15, 0.2) is 48.5 Å². The van der Waals surface area contributed by atoms with Crippen LogP contribution >= 0.6 is 0 Å². The third-order valence-corrected chi connectivity index (χ3v) is 5.46. The number of ether oxygens (including phenoxy) is 5. The van der Waals surface area contributed by atoms with Crippen molar-refractivity contribution in [3.63, 3.8) is 0 Å². The maximum absolute atomic E-state index is 5.79. The van der Waals surface area contributed by atoms with Gasteiger partial charge < -0.3 is 23.7 Å². The second kappa shape index (κ2) is 7.59. The Hall–Kier alpha value is -3.34. The first-order valence-corrected chi connectivity index (χ1v) is 9.31. The van der Waals surface area contributed by atoms with E-state index in [-0.39, 0.29) is 5.92 Å². The molecule has 1 atom stereocenters. The molecule has 29 heavy (non-hydrogen) atoms. The van der Waals surface area contributed by atoms with Gasteiger partial charge in [0.25, 0.3) is 0 Å². The minimum Gasteiger partial charge on any atom is -0.497 e. The maximum atomic E-state index is 5.79. The molecule has 0 amide bonds. The lowest BCUT2D eigenvalue weighted by atomic mass is 9.87. The zero-order chi connectivity index (χ0) is 20.5. The van der Waals surface area contributed by atoms with E-state index < -0.39 is 0 Å². The van der Waals surface area contributed by atoms with E-state index in [4.69, 9.17) is 23.7 Å². The first-order chi connectivity index (χ1) is 14.2. The van der Waals surface area contributed by atoms with Crippen LogP contribution in [0.1, 0.15) is 22.6 Å². The van der Waals surface area contributed by atoms with E-state index in [9.17, 15) is 0 Å². The molecule has 5 nitrogen and oxygen atoms in total. The second-order valence-corrected chi connectivity index (χ2v) is 6.76. The molecule has 5 heteroatoms. The van der Waals surface area contributed by atoms with Crippen molar-refractivity contribution in [2.75, 3.05) is 35.5 Å². The summed E-state index contributed by atoms with van der Waals surface area (Å²) in [6.07, 6.45) is 0. The molecule has 3 aromatic carbocycles. The number of rotatable bonds is 6. The average molecular weight is 392 g/mol. The van der Waals surface area contributed by atoms with Crippen molar-refractivity contribution < 1.29 is 23.7 Å². The Kier molecular flexibility index (Phi) is 4.97. The third-order valence-electron chi connectivity index (χ3n) is 5.46. The molecule has 1 aliphatic rings. The van der Waals surface area contributed by atoms with Gasteiger partial charge in [0.2, 0.25) is 0 Å². The summed E-state index contributed by atoms with van der Waals surface area (Å²) in [7, 11) is 8.28. The first kappa shape index (κ1) is 19.0. The van der Waals surface area contributed by atoms with Crippen molar-refractivity contribution in [3.8, 4) is 39.9 Å². The van der Waals surface area contributed by atoms with Gasteiger partial charge in [-0.05, 0) is 22.8 Å². The van der Waals surface area contributed by atoms with Crippen molar-refractivity contribution in [2.24, 2.45) is 0 Å². The number of fused-ring (bicyclic) bond motifs is 3. The molecule has 0 spiro atoms. The fourth-order valence-electron chi connectivity index (χ4n) is 4.18. The summed E-state index contributed by atoms with van der Waals surface area (Å²) in [5.74, 6) is 3.48. The predicted octanol–water partition coefficient (Wildman–Crippen LogP) is 4.89. The van der Waals surface area contributed by atoms with E-state index in [1.807, 2.05) is 30.3 Å². The minimum atomic E-state index is -0.113. The Labute approximate surface area is 170 Å². The summed E-state index contributed by atoms with van der Waals surface area (Å²) < 4.78 is 28.3. The van der Waals surface area contributed by atoms with E-state index in [2.05, 4.69) is 18.2 Å². The zero-order valence-corrected chi connectivity index (χ0v) is 17.2. The highest BCUT2D eigenvalue weighted by Gasteiger charge is 2.37. The Morgan fingerprint density at radius 2 is 1.07 bits per heavy atom. The molecule has 1 unspecified atom stereocenters. The third kappa shape index (κ3) is 2.94. The fraction of sp³-hybridized carbons (Fsp3) is 0.250. The summed E-state index contributed by atoms with van der Waals surface area (Å²) in [6, 6.07) is 16.1. The summed E-state index contributed by atoms with van der Waals surface area (Å²) in [6.45, 7) is 0. The van der Waals surface area contributed by atoms with Gasteiger partial charge in [0.1, 0.15) is 28.7 Å². The van der Waals surface area contributed by atoms with E-state index in [1.54, 1.807) is 35.5 Å². The Balaban J connectivity index is 2.07. The number of benzene rings is 3. The van der Waals surface area contributed by atoms with Crippen molar-refractivity contribution >= 4 is 0 Å². The van der Waals surface area contributed by atoms with Gasteiger partial charge in [0.15, 0.2) is 0 Å². The van der Waals surface area contributed by atoms with Crippen LogP contribution in [0.5, 0.6) is 28.7 Å². The van der Waals surface area contributed by atoms with Gasteiger partial charge in [0.05, 0.1) is 35.5 Å². The molecule has 0 aromatic heterocycles. The molecule has 150 valence electrons. The van der Waals surface area contributed by atoms with Crippen LogP contribution in [0.25, 0.3) is 11.1 Å². The molecule has 0 N–H and O–H groups in total. The molecule has 0 aliphatic heterocycles. The van der Waals surface area contributed by atoms with Crippen LogP contribution < -0.4 is 23.7 Å². The van der Waals surface area contributed by atoms with Gasteiger partial charge in [-0.2, -0.15) is 0 Å². The first-order valence-electron chi connectivity index (χ1n) is 9.31. The fourth-order valence-corrected chi connectivity index (χ4v) is 4.18. The maximum Gasteiger partial charge on any atom is 0.130 e. The van der Waals surface area contributed by atoms with Crippen molar-refractivity contribution in [2.45, 2.75) is 5.92 Å². The summed E-state index contributed by atoms with van der Waals surface area (Å²) in [5, 5.41) is 0. The zero-order valence-electron chi connectivity index (χ0n) is 17.2. The van der Waals surface area contributed by atoms with E-state index in [0.717, 1.165) is 39.3 Å². The summed E-state index contributed by atoms with van der Waals surface area (Å²) in [5.41, 5.74) is 5.39. The quantitative estimate of drug-likeness (QED) is 0.467. The Morgan fingerprint density at radius 1 is 0.552 bits per heavy atom. The molecule has 3 aromatic rings. The highest BCUT2D eigenvalue weighted by Crippen LogP contribution is 2.56. The van der Waals surface area contributed by atoms with Crippen LogP contribution in [0, 0.1) is 0 Å². The van der Waals surface area contributed by atoms with Crippen LogP contribution in [0.4, 0.5) is 0 Å². The number of hydrogen-bond donors (Lipinski definition) is 0. The van der Waals surface area contributed by atoms with Gasteiger partial charge in [-0.25, -0.2) is 0 Å². The van der Waals surface area contributed by atoms with Crippen LogP contribution in [0.2, 0.25) is 0 Å². The van der Waals surface area contributed by atoms with Gasteiger partial charge in [-0.3, -0.25) is 0 Å². The molecule has 4 rings (SSSR count). The standard InChI is InChI=1S/C24H24O5/c1-25-14-10-18-16-8-6-7-9-17(16)23(22(18)19(11-14)27-3)24-20(28-4)12-15(26-2)13-21(24)29-5/h6-13,23H,1-5H3. The molecule has 0 heterocycles. The monoisotopic (exact) mass is 392 g/mol. The van der Waals surface area contributed by atoms with Gasteiger partial charge in [0, 0.05) is 35.2 Å². The minimum absolute atomic E-state index is 0.113. The lowest BCUT2D eigenvalue weighted by Gasteiger charge is -2.23. The molecule has 1 aliphatic carbocycles. The van der Waals surface area contributed by atoms with Crippen molar-refractivity contribution in [1.29, 1.82) is 0 Å². The smallest absolute Gasteiger partial charge is 0.130 e. The highest BCUT2D eigenvalue weighted by molar-refractivity contribution is 5.85. The normalized spacial score (nSPS) is 14.0. The molecule has 0 saturated carbocycles. The van der Waals surface area contributed by atoms with Crippen LogP contribution in [0.3, 0.4) is 0 Å². The molecular formula is C24H24O5. The predicted molar refractivity (Wildman–Crippen MR) is 112 cm³/mol. The van der Waals surface area contributed by atoms with Crippen LogP contribution in [-0.4, -0.2) is 35.5 Å². The molecule has 0 saturated heterocycles. The number of methoxy groups -OCH3 is 5. The molecule has 0 bridgehead atoms. The van der Waals surface area contributed by atoms with Crippen LogP contribution in [-0.2, 0) is 0 Å². The highest BCUT2D eigenvalue weighted by atomic mass is 16.5. The molecule has 0 radical (unpaired) electrons. The lowest BCUT2D eigenvalue weighted by molar-refractivity contribution is 0.367. The Morgan fingerprint density at radius 3 is 1.62 bits per heavy atom. The van der Waals surface area contributed by atoms with Gasteiger partial charge in [-0.15, -0.1) is 0 Å². The summed E-state index contributed by atoms with van der Waals surface area (Å²) >= 11 is 0. The Bertz CT molecular complexity index is 1030. The topological polar surface area (TPSA) is 46.2 Å². The van der Waals surface area contributed by atoms with E-state index >= 15 is 0 Å². The van der Waals surface area contributed by atoms with E-state index in [1.165, 1.54) is 0 Å². The number of hydrogen-bond acceptors (Lipinski definition) is 5. The lowest BCUT2D eigenvalue weighted by Crippen LogP contribution is -2.07. The van der Waals surface area contributed by atoms with Crippen molar-refractivity contribution in [3.05, 3.63) is 65.2 Å². The van der Waals surface area contributed by atoms with Crippen molar-refractivity contribution in [1.82, 2.24) is 0 Å². The second-order valence-electron chi connectivity index (χ2n) is 6.76. The molecular weight excluding hydrogens is 368 g/mol. The van der Waals surface area contributed by atoms with Gasteiger partial charge in [-0.1, -0.05) is 24.3 Å². The average Bonchev–Trinajstić information content (AvgIpc) is 3.11. The largest absolute Gasteiger partial charge is 0.497 e. The van der Waals surface area contributed by atoms with E-state index in [0.29, 0.717) is 17.2 Å². The SMILES string of the molecule is COc1cc(OC)c(C2c3ccccc3-c3cc(OC)cc(OC)c32)c(OC)c1. The molecule has 0 fully saturated rings. The van der Waals surface area contributed by atoms with Gasteiger partial charge >= 0.3 is 0 Å².